The topological polar surface area (TPSA) is 21.3 Å². The van der Waals surface area contributed by atoms with Gasteiger partial charge in [0.1, 0.15) is 0 Å². The van der Waals surface area contributed by atoms with Crippen LogP contribution in [0, 0.1) is 5.92 Å². The van der Waals surface area contributed by atoms with Crippen LogP contribution in [0.3, 0.4) is 0 Å². The molecule has 1 fully saturated rings. The third kappa shape index (κ3) is 7.03. The van der Waals surface area contributed by atoms with E-state index in [2.05, 4.69) is 5.32 Å². The molecule has 1 saturated carbocycles. The Balaban J connectivity index is 1.63. The van der Waals surface area contributed by atoms with Crippen molar-refractivity contribution in [3.8, 4) is 0 Å². The van der Waals surface area contributed by atoms with Gasteiger partial charge in [-0.05, 0) is 45.2 Å². The van der Waals surface area contributed by atoms with E-state index >= 15 is 0 Å². The van der Waals surface area contributed by atoms with Gasteiger partial charge in [-0.25, -0.2) is 0 Å². The number of hydrogen-bond donors (Lipinski definition) is 1. The molecule has 0 atom stereocenters. The zero-order chi connectivity index (χ0) is 9.36. The smallest absolute Gasteiger partial charge is 0.0468 e. The fourth-order valence-electron chi connectivity index (χ4n) is 1.44. The van der Waals surface area contributed by atoms with Crippen LogP contribution in [0.4, 0.5) is 0 Å². The molecule has 0 aromatic carbocycles. The van der Waals surface area contributed by atoms with Gasteiger partial charge in [0.05, 0.1) is 0 Å². The lowest BCUT2D eigenvalue weighted by atomic mass is 10.2. The highest BCUT2D eigenvalue weighted by molar-refractivity contribution is 4.72. The maximum Gasteiger partial charge on any atom is 0.0468 e. The highest BCUT2D eigenvalue weighted by Crippen LogP contribution is 2.32. The average Bonchev–Trinajstić information content (AvgIpc) is 2.93. The molecule has 1 rings (SSSR count). The maximum atomic E-state index is 5.54. The summed E-state index contributed by atoms with van der Waals surface area (Å²) in [5.41, 5.74) is 0. The Morgan fingerprint density at radius 1 is 1.15 bits per heavy atom. The standard InChI is InChI=1S/C11H23NO/c1-12-8-3-2-4-9-13-10-7-11-5-6-11/h11-12H,2-10H2,1H3. The Kier molecular flexibility index (Phi) is 6.21. The van der Waals surface area contributed by atoms with E-state index < -0.39 is 0 Å². The van der Waals surface area contributed by atoms with Crippen LogP contribution in [0.5, 0.6) is 0 Å². The van der Waals surface area contributed by atoms with Crippen LogP contribution in [0.15, 0.2) is 0 Å². The average molecular weight is 185 g/mol. The van der Waals surface area contributed by atoms with Gasteiger partial charge in [0, 0.05) is 13.2 Å². The molecule has 1 aliphatic rings. The highest BCUT2D eigenvalue weighted by atomic mass is 16.5. The Labute approximate surface area is 82.0 Å². The SMILES string of the molecule is CNCCCCCOCCC1CC1. The largest absolute Gasteiger partial charge is 0.381 e. The summed E-state index contributed by atoms with van der Waals surface area (Å²) < 4.78 is 5.54. The van der Waals surface area contributed by atoms with E-state index in [1.54, 1.807) is 0 Å². The van der Waals surface area contributed by atoms with Crippen molar-refractivity contribution < 1.29 is 4.74 Å². The van der Waals surface area contributed by atoms with E-state index in [1.807, 2.05) is 7.05 Å². The Morgan fingerprint density at radius 3 is 2.69 bits per heavy atom. The van der Waals surface area contributed by atoms with Crippen LogP contribution in [0.25, 0.3) is 0 Å². The zero-order valence-corrected chi connectivity index (χ0v) is 8.85. The first kappa shape index (κ1) is 11.0. The van der Waals surface area contributed by atoms with Crippen LogP contribution in [0.1, 0.15) is 38.5 Å². The quantitative estimate of drug-likeness (QED) is 0.556. The van der Waals surface area contributed by atoms with E-state index in [-0.39, 0.29) is 0 Å². The molecule has 0 aromatic rings. The number of hydrogen-bond acceptors (Lipinski definition) is 2. The van der Waals surface area contributed by atoms with Crippen LogP contribution in [-0.4, -0.2) is 26.8 Å². The molecule has 0 bridgehead atoms. The summed E-state index contributed by atoms with van der Waals surface area (Å²) in [6.07, 6.45) is 8.01. The highest BCUT2D eigenvalue weighted by Gasteiger charge is 2.20. The van der Waals surface area contributed by atoms with Gasteiger partial charge in [0.25, 0.3) is 0 Å². The van der Waals surface area contributed by atoms with Gasteiger partial charge in [-0.15, -0.1) is 0 Å². The molecule has 13 heavy (non-hydrogen) atoms. The lowest BCUT2D eigenvalue weighted by molar-refractivity contribution is 0.124. The number of unbranched alkanes of at least 4 members (excludes halogenated alkanes) is 2. The Hall–Kier alpha value is -0.0800. The lowest BCUT2D eigenvalue weighted by Gasteiger charge is -2.03. The van der Waals surface area contributed by atoms with Crippen molar-refractivity contribution in [2.24, 2.45) is 5.92 Å². The van der Waals surface area contributed by atoms with Crippen molar-refractivity contribution in [3.05, 3.63) is 0 Å². The first-order chi connectivity index (χ1) is 6.43. The van der Waals surface area contributed by atoms with Gasteiger partial charge in [-0.3, -0.25) is 0 Å². The van der Waals surface area contributed by atoms with Gasteiger partial charge in [-0.1, -0.05) is 12.8 Å². The van der Waals surface area contributed by atoms with Crippen LogP contribution in [-0.2, 0) is 4.74 Å². The predicted octanol–water partition coefficient (Wildman–Crippen LogP) is 2.19. The van der Waals surface area contributed by atoms with Crippen molar-refractivity contribution in [3.63, 3.8) is 0 Å². The molecule has 0 amide bonds. The summed E-state index contributed by atoms with van der Waals surface area (Å²) in [6, 6.07) is 0. The fraction of sp³-hybridized carbons (Fsp3) is 1.00. The van der Waals surface area contributed by atoms with E-state index in [4.69, 9.17) is 4.74 Å². The van der Waals surface area contributed by atoms with E-state index in [1.165, 1.54) is 38.5 Å². The molecule has 78 valence electrons. The van der Waals surface area contributed by atoms with Gasteiger partial charge < -0.3 is 10.1 Å². The van der Waals surface area contributed by atoms with Crippen molar-refractivity contribution in [2.45, 2.75) is 38.5 Å². The molecule has 0 aliphatic heterocycles. The summed E-state index contributed by atoms with van der Waals surface area (Å²) >= 11 is 0. The second kappa shape index (κ2) is 7.34. The van der Waals surface area contributed by atoms with Crippen molar-refractivity contribution in [2.75, 3.05) is 26.8 Å². The molecular weight excluding hydrogens is 162 g/mol. The second-order valence-electron chi connectivity index (χ2n) is 4.01. The third-order valence-corrected chi connectivity index (χ3v) is 2.58. The molecule has 0 unspecified atom stereocenters. The molecular formula is C11H23NO. The normalized spacial score (nSPS) is 16.4. The van der Waals surface area contributed by atoms with Crippen molar-refractivity contribution in [1.29, 1.82) is 0 Å². The van der Waals surface area contributed by atoms with Crippen molar-refractivity contribution in [1.82, 2.24) is 5.32 Å². The molecule has 0 saturated heterocycles. The molecule has 0 aromatic heterocycles. The molecule has 0 heterocycles. The molecule has 2 heteroatoms. The minimum absolute atomic E-state index is 0.969. The minimum Gasteiger partial charge on any atom is -0.381 e. The molecule has 1 N–H and O–H groups in total. The predicted molar refractivity (Wildman–Crippen MR) is 55.9 cm³/mol. The van der Waals surface area contributed by atoms with Gasteiger partial charge in [0.15, 0.2) is 0 Å². The van der Waals surface area contributed by atoms with Crippen LogP contribution in [0.2, 0.25) is 0 Å². The maximum absolute atomic E-state index is 5.54. The number of nitrogens with one attached hydrogen (secondary N) is 1. The van der Waals surface area contributed by atoms with Gasteiger partial charge in [0.2, 0.25) is 0 Å². The van der Waals surface area contributed by atoms with E-state index in [0.717, 1.165) is 25.7 Å². The summed E-state index contributed by atoms with van der Waals surface area (Å²) in [6.45, 7) is 3.11. The Morgan fingerprint density at radius 2 is 2.00 bits per heavy atom. The summed E-state index contributed by atoms with van der Waals surface area (Å²) in [5.74, 6) is 1.02. The van der Waals surface area contributed by atoms with Gasteiger partial charge in [-0.2, -0.15) is 0 Å². The molecule has 0 radical (unpaired) electrons. The van der Waals surface area contributed by atoms with Crippen LogP contribution >= 0.6 is 0 Å². The monoisotopic (exact) mass is 185 g/mol. The molecule has 2 nitrogen and oxygen atoms in total. The van der Waals surface area contributed by atoms with E-state index in [9.17, 15) is 0 Å². The first-order valence-electron chi connectivity index (χ1n) is 5.66. The number of ether oxygens (including phenoxy) is 1. The zero-order valence-electron chi connectivity index (χ0n) is 8.85. The lowest BCUT2D eigenvalue weighted by Crippen LogP contribution is -2.07. The minimum atomic E-state index is 0.969. The second-order valence-corrected chi connectivity index (χ2v) is 4.01. The Bertz CT molecular complexity index is 113. The number of rotatable bonds is 9. The third-order valence-electron chi connectivity index (χ3n) is 2.58. The molecule has 1 aliphatic carbocycles. The van der Waals surface area contributed by atoms with Gasteiger partial charge >= 0.3 is 0 Å². The summed E-state index contributed by atoms with van der Waals surface area (Å²) in [5, 5.41) is 3.15. The molecule has 0 spiro atoms. The first-order valence-corrected chi connectivity index (χ1v) is 5.66. The summed E-state index contributed by atoms with van der Waals surface area (Å²) in [7, 11) is 2.01. The fourth-order valence-corrected chi connectivity index (χ4v) is 1.44. The van der Waals surface area contributed by atoms with Crippen molar-refractivity contribution >= 4 is 0 Å². The van der Waals surface area contributed by atoms with Crippen LogP contribution < -0.4 is 5.32 Å². The van der Waals surface area contributed by atoms with E-state index in [0.29, 0.717) is 0 Å². The summed E-state index contributed by atoms with van der Waals surface area (Å²) in [4.78, 5) is 0.